The third-order valence-corrected chi connectivity index (χ3v) is 8.48. The number of halogens is 1. The van der Waals surface area contributed by atoms with Crippen molar-refractivity contribution in [1.82, 2.24) is 15.3 Å². The highest BCUT2D eigenvalue weighted by Crippen LogP contribution is 2.48. The Morgan fingerprint density at radius 2 is 2.11 bits per heavy atom. The summed E-state index contributed by atoms with van der Waals surface area (Å²) < 4.78 is 20.8. The summed E-state index contributed by atoms with van der Waals surface area (Å²) >= 11 is 6.27. The lowest BCUT2D eigenvalue weighted by Crippen LogP contribution is -2.32. The van der Waals surface area contributed by atoms with Crippen LogP contribution >= 0.6 is 19.0 Å². The molecule has 4 rings (SSSR count). The van der Waals surface area contributed by atoms with Gasteiger partial charge in [0.25, 0.3) is 19.6 Å². The highest BCUT2D eigenvalue weighted by atomic mass is 35.5. The van der Waals surface area contributed by atoms with Crippen LogP contribution in [-0.4, -0.2) is 23.0 Å². The first-order valence-electron chi connectivity index (χ1n) is 11.0. The zero-order valence-electron chi connectivity index (χ0n) is 19.8. The quantitative estimate of drug-likeness (QED) is 0.162. The van der Waals surface area contributed by atoms with Gasteiger partial charge in [0.15, 0.2) is 5.69 Å². The molecule has 2 N–H and O–H groups in total. The Morgan fingerprint density at radius 1 is 1.33 bits per heavy atom. The summed E-state index contributed by atoms with van der Waals surface area (Å²) in [5.74, 6) is -0.486. The zero-order valence-corrected chi connectivity index (χ0v) is 21.4. The molecule has 184 valence electrons. The van der Waals surface area contributed by atoms with Crippen molar-refractivity contribution in [1.29, 1.82) is 0 Å². The number of rotatable bonds is 7. The topological polar surface area (TPSA) is 115 Å². The van der Waals surface area contributed by atoms with Crippen LogP contribution in [-0.2, 0) is 15.6 Å². The number of benzene rings is 2. The van der Waals surface area contributed by atoms with E-state index in [1.54, 1.807) is 30.3 Å². The van der Waals surface area contributed by atoms with E-state index in [1.807, 2.05) is 13.8 Å². The minimum atomic E-state index is -3.88. The molecule has 9 nitrogen and oxygen atoms in total. The van der Waals surface area contributed by atoms with Crippen molar-refractivity contribution in [2.75, 3.05) is 7.11 Å². The van der Waals surface area contributed by atoms with E-state index >= 15 is 0 Å². The lowest BCUT2D eigenvalue weighted by atomic mass is 10.0. The monoisotopic (exact) mass is 523 g/mol. The Bertz CT molecular complexity index is 1560. The van der Waals surface area contributed by atoms with E-state index in [9.17, 15) is 14.6 Å². The van der Waals surface area contributed by atoms with E-state index < -0.39 is 13.3 Å². The minimum absolute atomic E-state index is 0.0203. The Labute approximate surface area is 212 Å². The van der Waals surface area contributed by atoms with E-state index in [1.165, 1.54) is 25.6 Å². The van der Waals surface area contributed by atoms with Crippen LogP contribution in [0.5, 0.6) is 0 Å². The molecule has 0 aliphatic heterocycles. The molecule has 0 saturated carbocycles. The predicted molar refractivity (Wildman–Crippen MR) is 138 cm³/mol. The second kappa shape index (κ2) is 10.1. The average Bonchev–Trinajstić information content (AvgIpc) is 3.25. The highest BCUT2D eigenvalue weighted by molar-refractivity contribution is 7.75. The van der Waals surface area contributed by atoms with Crippen LogP contribution < -0.4 is 20.7 Å². The molecular formula is C25H23ClN5O4P. The van der Waals surface area contributed by atoms with Crippen molar-refractivity contribution in [3.63, 3.8) is 0 Å². The van der Waals surface area contributed by atoms with Gasteiger partial charge in [0.05, 0.1) is 24.0 Å². The Kier molecular flexibility index (Phi) is 7.14. The molecule has 1 atom stereocenters. The number of H-pyrrole nitrogens is 1. The van der Waals surface area contributed by atoms with Gasteiger partial charge in [0.2, 0.25) is 0 Å². The lowest BCUT2D eigenvalue weighted by molar-refractivity contribution is -0.609. The van der Waals surface area contributed by atoms with Crippen molar-refractivity contribution in [2.24, 2.45) is 0 Å². The largest absolute Gasteiger partial charge is 0.711 e. The number of aromatic amines is 1. The molecule has 0 aliphatic carbocycles. The lowest BCUT2D eigenvalue weighted by Gasteiger charge is -2.20. The van der Waals surface area contributed by atoms with Crippen molar-refractivity contribution in [2.45, 2.75) is 26.3 Å². The van der Waals surface area contributed by atoms with Gasteiger partial charge in [-0.15, -0.1) is 0 Å². The summed E-state index contributed by atoms with van der Waals surface area (Å²) in [6.07, 6.45) is 3.86. The number of hydrogen-bond acceptors (Lipinski definition) is 5. The summed E-state index contributed by atoms with van der Waals surface area (Å²) in [6, 6.07) is 9.98. The van der Waals surface area contributed by atoms with Gasteiger partial charge < -0.3 is 20.0 Å². The van der Waals surface area contributed by atoms with Gasteiger partial charge in [-0.1, -0.05) is 42.1 Å². The number of fused-ring (bicyclic) bond motifs is 1. The first kappa shape index (κ1) is 25.4. The fourth-order valence-corrected chi connectivity index (χ4v) is 6.32. The van der Waals surface area contributed by atoms with E-state index in [4.69, 9.17) is 22.7 Å². The van der Waals surface area contributed by atoms with Crippen LogP contribution in [0, 0.1) is 11.8 Å². The van der Waals surface area contributed by atoms with Crippen LogP contribution in [0.3, 0.4) is 0 Å². The van der Waals surface area contributed by atoms with Gasteiger partial charge >= 0.3 is 0 Å². The average molecular weight is 524 g/mol. The number of carbonyl (C=O) groups excluding carboxylic acids is 1. The Hall–Kier alpha value is -3.70. The first-order valence-corrected chi connectivity index (χ1v) is 13.0. The van der Waals surface area contributed by atoms with E-state index in [-0.39, 0.29) is 23.5 Å². The third-order valence-electron chi connectivity index (χ3n) is 5.74. The van der Waals surface area contributed by atoms with E-state index in [0.29, 0.717) is 37.2 Å². The summed E-state index contributed by atoms with van der Waals surface area (Å²) in [5.41, 5.74) is 2.21. The van der Waals surface area contributed by atoms with Crippen molar-refractivity contribution in [3.05, 3.63) is 93.6 Å². The maximum Gasteiger partial charge on any atom is 0.289 e. The molecule has 1 amide bonds. The predicted octanol–water partition coefficient (Wildman–Crippen LogP) is 4.33. The molecule has 1 unspecified atom stereocenters. The number of hydrogen-bond donors (Lipinski definition) is 2. The molecule has 11 heteroatoms. The third kappa shape index (κ3) is 4.84. The van der Waals surface area contributed by atoms with E-state index in [2.05, 4.69) is 20.1 Å². The molecule has 36 heavy (non-hydrogen) atoms. The molecule has 2 aromatic heterocycles. The van der Waals surface area contributed by atoms with Gasteiger partial charge in [-0.3, -0.25) is 9.36 Å². The number of nitrogens with one attached hydrogen (secondary N) is 2. The van der Waals surface area contributed by atoms with E-state index in [0.717, 1.165) is 11.9 Å². The van der Waals surface area contributed by atoms with Gasteiger partial charge in [-0.25, -0.2) is 9.58 Å². The Morgan fingerprint density at radius 3 is 2.78 bits per heavy atom. The number of amides is 1. The molecule has 0 saturated heterocycles. The fraction of sp³-hybridized carbons (Fsp3) is 0.200. The smallest absolute Gasteiger partial charge is 0.289 e. The summed E-state index contributed by atoms with van der Waals surface area (Å²) in [4.78, 5) is 23.8. The molecule has 2 heterocycles. The summed E-state index contributed by atoms with van der Waals surface area (Å²) in [5, 5.41) is 15.6. The molecule has 0 aliphatic rings. The summed E-state index contributed by atoms with van der Waals surface area (Å²) in [6.45, 7) is 11.5. The van der Waals surface area contributed by atoms with Gasteiger partial charge in [-0.2, -0.15) is 0 Å². The molecule has 0 spiro atoms. The number of aromatic nitrogens is 3. The van der Waals surface area contributed by atoms with Crippen LogP contribution in [0.4, 0.5) is 5.69 Å². The van der Waals surface area contributed by atoms with Crippen molar-refractivity contribution in [3.8, 4) is 0 Å². The summed E-state index contributed by atoms with van der Waals surface area (Å²) in [7, 11) is -2.57. The van der Waals surface area contributed by atoms with Gasteiger partial charge in [-0.05, 0) is 36.2 Å². The second-order valence-electron chi connectivity index (χ2n) is 8.46. The SMILES string of the molecule is [C-]#[N+]c1cc(C(C)C)cc(P(=O)(OC)c2c(C(=O)NCc3cnc[n+]([O-])c3)[nH]c3ccc(Cl)cc23)c1. The maximum absolute atomic E-state index is 14.6. The molecule has 0 fully saturated rings. The van der Waals surface area contributed by atoms with Crippen molar-refractivity contribution >= 4 is 52.1 Å². The van der Waals surface area contributed by atoms with Crippen LogP contribution in [0.2, 0.25) is 5.02 Å². The fourth-order valence-electron chi connectivity index (χ4n) is 3.92. The molecule has 0 radical (unpaired) electrons. The second-order valence-corrected chi connectivity index (χ2v) is 11.3. The maximum atomic E-state index is 14.6. The van der Waals surface area contributed by atoms with Gasteiger partial charge in [0.1, 0.15) is 18.1 Å². The van der Waals surface area contributed by atoms with Crippen LogP contribution in [0.1, 0.15) is 41.4 Å². The van der Waals surface area contributed by atoms with Gasteiger partial charge in [0, 0.05) is 28.3 Å². The minimum Gasteiger partial charge on any atom is -0.711 e. The number of nitrogens with zero attached hydrogens (tertiary/aromatic N) is 3. The first-order chi connectivity index (χ1) is 17.2. The zero-order chi connectivity index (χ0) is 26.0. The van der Waals surface area contributed by atoms with Crippen LogP contribution in [0.15, 0.2) is 55.1 Å². The molecule has 2 aromatic carbocycles. The molecular weight excluding hydrogens is 501 g/mol. The molecule has 4 aromatic rings. The number of carbonyl (C=O) groups is 1. The highest BCUT2D eigenvalue weighted by Gasteiger charge is 2.36. The molecule has 0 bridgehead atoms. The van der Waals surface area contributed by atoms with Crippen molar-refractivity contribution < 1.29 is 18.6 Å². The normalized spacial score (nSPS) is 12.9. The standard InChI is InChI=1S/C25H23ClN5O4P/c1-15(2)17-7-19(27-3)10-20(8-17)36(34,35-4)24-21-9-18(26)5-6-22(21)30-23(24)25(32)29-12-16-11-28-14-31(33)13-16/h5-11,13-15,30H,12H2,1-2,4H3,(H,29,32). The Balaban J connectivity index is 1.89. The van der Waals surface area contributed by atoms with Crippen LogP contribution in [0.25, 0.3) is 15.7 Å².